The number of benzene rings is 1. The Morgan fingerprint density at radius 1 is 1.17 bits per heavy atom. The van der Waals surface area contributed by atoms with Crippen molar-refractivity contribution in [3.63, 3.8) is 0 Å². The topological polar surface area (TPSA) is 29.3 Å². The van der Waals surface area contributed by atoms with Gasteiger partial charge in [-0.15, -0.1) is 12.4 Å². The number of rotatable bonds is 4. The van der Waals surface area contributed by atoms with E-state index in [1.54, 1.807) is 12.1 Å². The molecule has 2 rings (SSSR count). The average molecular weight is 273 g/mol. The van der Waals surface area contributed by atoms with Crippen LogP contribution in [0.1, 0.15) is 18.4 Å². The van der Waals surface area contributed by atoms with Crippen LogP contribution in [0.4, 0.5) is 4.39 Å². The quantitative estimate of drug-likeness (QED) is 0.912. The SMILES string of the molecule is Cl.NCCN1CCC(Cc2ccc(F)cc2)CC1. The summed E-state index contributed by atoms with van der Waals surface area (Å²) in [4.78, 5) is 2.43. The third-order valence-corrected chi connectivity index (χ3v) is 3.59. The molecule has 0 unspecified atom stereocenters. The summed E-state index contributed by atoms with van der Waals surface area (Å²) >= 11 is 0. The van der Waals surface area contributed by atoms with Crippen LogP contribution in [0.3, 0.4) is 0 Å². The smallest absolute Gasteiger partial charge is 0.123 e. The summed E-state index contributed by atoms with van der Waals surface area (Å²) in [6, 6.07) is 6.92. The monoisotopic (exact) mass is 272 g/mol. The first-order valence-electron chi connectivity index (χ1n) is 6.45. The van der Waals surface area contributed by atoms with Gasteiger partial charge in [-0.05, 0) is 56.0 Å². The van der Waals surface area contributed by atoms with Gasteiger partial charge in [0.25, 0.3) is 0 Å². The first-order chi connectivity index (χ1) is 8.28. The van der Waals surface area contributed by atoms with E-state index in [-0.39, 0.29) is 18.2 Å². The number of hydrogen-bond donors (Lipinski definition) is 1. The van der Waals surface area contributed by atoms with Crippen molar-refractivity contribution >= 4 is 12.4 Å². The molecule has 2 nitrogen and oxygen atoms in total. The maximum absolute atomic E-state index is 12.8. The Hall–Kier alpha value is -0.640. The minimum atomic E-state index is -0.147. The molecule has 2 N–H and O–H groups in total. The molecule has 0 atom stereocenters. The molecule has 0 amide bonds. The number of halogens is 2. The van der Waals surface area contributed by atoms with Gasteiger partial charge >= 0.3 is 0 Å². The molecule has 1 aromatic carbocycles. The third kappa shape index (κ3) is 4.56. The van der Waals surface area contributed by atoms with Gasteiger partial charge in [0.2, 0.25) is 0 Å². The predicted octanol–water partition coefficient (Wildman–Crippen LogP) is 2.46. The van der Waals surface area contributed by atoms with Gasteiger partial charge in [-0.25, -0.2) is 4.39 Å². The van der Waals surface area contributed by atoms with Gasteiger partial charge in [0.15, 0.2) is 0 Å². The molecule has 0 spiro atoms. The molecule has 0 radical (unpaired) electrons. The number of hydrogen-bond acceptors (Lipinski definition) is 2. The van der Waals surface area contributed by atoms with Crippen molar-refractivity contribution in [1.29, 1.82) is 0 Å². The molecule has 4 heteroatoms. The van der Waals surface area contributed by atoms with Crippen LogP contribution in [0.15, 0.2) is 24.3 Å². The summed E-state index contributed by atoms with van der Waals surface area (Å²) in [6.07, 6.45) is 3.55. The van der Waals surface area contributed by atoms with E-state index in [9.17, 15) is 4.39 Å². The van der Waals surface area contributed by atoms with Gasteiger partial charge in [-0.3, -0.25) is 0 Å². The molecule has 1 fully saturated rings. The van der Waals surface area contributed by atoms with E-state index >= 15 is 0 Å². The van der Waals surface area contributed by atoms with Gasteiger partial charge in [0.1, 0.15) is 5.82 Å². The Kier molecular flexibility index (Phi) is 6.61. The Labute approximate surface area is 115 Å². The van der Waals surface area contributed by atoms with Crippen molar-refractivity contribution in [1.82, 2.24) is 4.90 Å². The lowest BCUT2D eigenvalue weighted by Crippen LogP contribution is -2.37. The predicted molar refractivity (Wildman–Crippen MR) is 75.6 cm³/mol. The first kappa shape index (κ1) is 15.4. The fourth-order valence-electron chi connectivity index (χ4n) is 2.55. The van der Waals surface area contributed by atoms with Gasteiger partial charge in [-0.2, -0.15) is 0 Å². The second kappa shape index (κ2) is 7.72. The van der Waals surface area contributed by atoms with E-state index in [4.69, 9.17) is 5.73 Å². The van der Waals surface area contributed by atoms with Gasteiger partial charge in [-0.1, -0.05) is 12.1 Å². The highest BCUT2D eigenvalue weighted by molar-refractivity contribution is 5.85. The molecule has 18 heavy (non-hydrogen) atoms. The molecule has 102 valence electrons. The molecule has 0 saturated carbocycles. The molecule has 0 aromatic heterocycles. The highest BCUT2D eigenvalue weighted by atomic mass is 35.5. The van der Waals surface area contributed by atoms with E-state index in [0.717, 1.165) is 38.5 Å². The van der Waals surface area contributed by atoms with Gasteiger partial charge in [0, 0.05) is 13.1 Å². The highest BCUT2D eigenvalue weighted by Crippen LogP contribution is 2.21. The largest absolute Gasteiger partial charge is 0.329 e. The van der Waals surface area contributed by atoms with Gasteiger partial charge < -0.3 is 10.6 Å². The number of nitrogens with two attached hydrogens (primary N) is 1. The van der Waals surface area contributed by atoms with Crippen molar-refractivity contribution in [2.24, 2.45) is 11.7 Å². The molecular formula is C14H22ClFN2. The minimum absolute atomic E-state index is 0. The highest BCUT2D eigenvalue weighted by Gasteiger charge is 2.18. The van der Waals surface area contributed by atoms with Crippen molar-refractivity contribution in [3.8, 4) is 0 Å². The molecule has 1 aliphatic heterocycles. The Bertz CT molecular complexity index is 334. The zero-order valence-electron chi connectivity index (χ0n) is 10.6. The fourth-order valence-corrected chi connectivity index (χ4v) is 2.55. The zero-order valence-corrected chi connectivity index (χ0v) is 11.5. The van der Waals surface area contributed by atoms with Crippen LogP contribution in [0.2, 0.25) is 0 Å². The normalized spacial score (nSPS) is 17.4. The van der Waals surface area contributed by atoms with Crippen LogP contribution in [0, 0.1) is 11.7 Å². The van der Waals surface area contributed by atoms with Crippen LogP contribution >= 0.6 is 12.4 Å². The van der Waals surface area contributed by atoms with E-state index in [0.29, 0.717) is 0 Å². The second-order valence-corrected chi connectivity index (χ2v) is 4.90. The zero-order chi connectivity index (χ0) is 12.1. The van der Waals surface area contributed by atoms with Crippen LogP contribution in [0.25, 0.3) is 0 Å². The molecule has 0 aliphatic carbocycles. The Morgan fingerprint density at radius 2 is 1.78 bits per heavy atom. The van der Waals surface area contributed by atoms with E-state index in [2.05, 4.69) is 4.90 Å². The van der Waals surface area contributed by atoms with Crippen molar-refractivity contribution < 1.29 is 4.39 Å². The van der Waals surface area contributed by atoms with Crippen molar-refractivity contribution in [2.75, 3.05) is 26.2 Å². The van der Waals surface area contributed by atoms with Crippen molar-refractivity contribution in [2.45, 2.75) is 19.3 Å². The maximum atomic E-state index is 12.8. The lowest BCUT2D eigenvalue weighted by Gasteiger charge is -2.31. The second-order valence-electron chi connectivity index (χ2n) is 4.90. The number of nitrogens with zero attached hydrogens (tertiary/aromatic N) is 1. The standard InChI is InChI=1S/C14H21FN2.ClH/c15-14-3-1-12(2-4-14)11-13-5-8-17(9-6-13)10-7-16;/h1-4,13H,5-11,16H2;1H. The molecular weight excluding hydrogens is 251 g/mol. The number of piperidine rings is 1. The Balaban J connectivity index is 0.00000162. The van der Waals surface area contributed by atoms with Crippen LogP contribution < -0.4 is 5.73 Å². The summed E-state index contributed by atoms with van der Waals surface area (Å²) in [5, 5.41) is 0. The van der Waals surface area contributed by atoms with Gasteiger partial charge in [0.05, 0.1) is 0 Å². The third-order valence-electron chi connectivity index (χ3n) is 3.59. The fraction of sp³-hybridized carbons (Fsp3) is 0.571. The maximum Gasteiger partial charge on any atom is 0.123 e. The number of likely N-dealkylation sites (tertiary alicyclic amines) is 1. The summed E-state index contributed by atoms with van der Waals surface area (Å²) in [5.74, 6) is 0.598. The Morgan fingerprint density at radius 3 is 2.33 bits per heavy atom. The summed E-state index contributed by atoms with van der Waals surface area (Å²) in [7, 11) is 0. The molecule has 1 aromatic rings. The summed E-state index contributed by atoms with van der Waals surface area (Å²) in [5.41, 5.74) is 6.81. The lowest BCUT2D eigenvalue weighted by molar-refractivity contribution is 0.188. The lowest BCUT2D eigenvalue weighted by atomic mass is 9.90. The van der Waals surface area contributed by atoms with E-state index in [1.807, 2.05) is 12.1 Å². The van der Waals surface area contributed by atoms with Crippen LogP contribution in [0.5, 0.6) is 0 Å². The summed E-state index contributed by atoms with van der Waals surface area (Å²) < 4.78 is 12.8. The van der Waals surface area contributed by atoms with Crippen LogP contribution in [-0.2, 0) is 6.42 Å². The molecule has 1 heterocycles. The minimum Gasteiger partial charge on any atom is -0.329 e. The molecule has 1 aliphatic rings. The average Bonchev–Trinajstić information content (AvgIpc) is 2.35. The van der Waals surface area contributed by atoms with E-state index in [1.165, 1.54) is 18.4 Å². The molecule has 0 bridgehead atoms. The first-order valence-corrected chi connectivity index (χ1v) is 6.45. The van der Waals surface area contributed by atoms with E-state index < -0.39 is 0 Å². The van der Waals surface area contributed by atoms with Crippen LogP contribution in [-0.4, -0.2) is 31.1 Å². The van der Waals surface area contributed by atoms with Crippen molar-refractivity contribution in [3.05, 3.63) is 35.6 Å². The summed E-state index contributed by atoms with van der Waals surface area (Å²) in [6.45, 7) is 4.08. The molecule has 1 saturated heterocycles.